The zero-order valence-electron chi connectivity index (χ0n) is 25.1. The van der Waals surface area contributed by atoms with E-state index < -0.39 is 53.9 Å². The Morgan fingerprint density at radius 1 is 1.15 bits per heavy atom. The van der Waals surface area contributed by atoms with Gasteiger partial charge in [0.05, 0.1) is 29.7 Å². The van der Waals surface area contributed by atoms with E-state index in [0.29, 0.717) is 37.0 Å². The fourth-order valence-electron chi connectivity index (χ4n) is 5.26. The minimum Gasteiger partial charge on any atom is -0.439 e. The highest BCUT2D eigenvalue weighted by Gasteiger charge is 2.33. The number of rotatable bonds is 5. The van der Waals surface area contributed by atoms with Gasteiger partial charge in [-0.25, -0.2) is 4.79 Å². The first-order valence-corrected chi connectivity index (χ1v) is 14.0. The molecular weight excluding hydrogens is 530 g/mol. The number of allylic oxidation sites excluding steroid dienone is 3. The number of Topliss-reactive ketones (excluding diaryl/α,β-unsaturated/α-hetero) is 1. The molecule has 0 saturated heterocycles. The first-order chi connectivity index (χ1) is 19.3. The minimum absolute atomic E-state index is 0.0871. The molecule has 2 amide bonds. The third-order valence-electron chi connectivity index (χ3n) is 7.47. The molecule has 6 atom stereocenters. The predicted molar refractivity (Wildman–Crippen MR) is 153 cm³/mol. The van der Waals surface area contributed by atoms with Crippen molar-refractivity contribution in [2.45, 2.75) is 84.7 Å². The lowest BCUT2D eigenvalue weighted by Crippen LogP contribution is -2.38. The molecule has 0 spiro atoms. The summed E-state index contributed by atoms with van der Waals surface area (Å²) in [7, 11) is 2.99. The Balaban J connectivity index is 2.56. The van der Waals surface area contributed by atoms with Crippen molar-refractivity contribution in [1.29, 1.82) is 0 Å². The van der Waals surface area contributed by atoms with Crippen molar-refractivity contribution in [2.24, 2.45) is 17.6 Å². The Hall–Kier alpha value is -3.28. The van der Waals surface area contributed by atoms with Crippen LogP contribution in [0.1, 0.15) is 60.3 Å². The number of nitrogens with one attached hydrogen (secondary N) is 2. The van der Waals surface area contributed by atoms with Crippen LogP contribution in [0, 0.1) is 11.8 Å². The van der Waals surface area contributed by atoms with E-state index in [-0.39, 0.29) is 29.3 Å². The Morgan fingerprint density at radius 2 is 1.80 bits per heavy atom. The molecule has 0 aromatic carbocycles. The van der Waals surface area contributed by atoms with Gasteiger partial charge in [0.25, 0.3) is 5.91 Å². The lowest BCUT2D eigenvalue weighted by Gasteiger charge is -2.30. The second kappa shape index (κ2) is 15.6. The summed E-state index contributed by atoms with van der Waals surface area (Å²) in [6, 6.07) is 0. The molecule has 11 heteroatoms. The largest absolute Gasteiger partial charge is 0.439 e. The van der Waals surface area contributed by atoms with Gasteiger partial charge in [-0.2, -0.15) is 0 Å². The molecule has 0 saturated carbocycles. The number of nitrogens with two attached hydrogens (primary N) is 1. The maximum atomic E-state index is 13.5. The number of primary amides is 1. The van der Waals surface area contributed by atoms with Gasteiger partial charge in [0.1, 0.15) is 0 Å². The quantitative estimate of drug-likeness (QED) is 0.285. The van der Waals surface area contributed by atoms with Crippen LogP contribution in [-0.2, 0) is 28.6 Å². The number of carbonyl (C=O) groups is 4. The number of ketones is 2. The van der Waals surface area contributed by atoms with Crippen LogP contribution in [0.5, 0.6) is 0 Å². The lowest BCUT2D eigenvalue weighted by molar-refractivity contribution is -0.120. The van der Waals surface area contributed by atoms with Crippen molar-refractivity contribution in [1.82, 2.24) is 10.6 Å². The normalized spacial score (nSPS) is 31.8. The molecule has 228 valence electrons. The van der Waals surface area contributed by atoms with E-state index in [9.17, 15) is 24.3 Å². The minimum atomic E-state index is -0.962. The van der Waals surface area contributed by atoms with Crippen LogP contribution in [0.15, 0.2) is 46.3 Å². The fraction of sp³-hybridized carbons (Fsp3) is 0.600. The molecule has 0 radical (unpaired) electrons. The summed E-state index contributed by atoms with van der Waals surface area (Å²) in [4.78, 5) is 51.2. The summed E-state index contributed by atoms with van der Waals surface area (Å²) in [6.07, 6.45) is 2.10. The molecule has 0 aromatic rings. The van der Waals surface area contributed by atoms with Gasteiger partial charge in [-0.1, -0.05) is 26.0 Å². The summed E-state index contributed by atoms with van der Waals surface area (Å²) in [5.74, 6) is -1.91. The number of hydrogen-bond acceptors (Lipinski definition) is 9. The van der Waals surface area contributed by atoms with Crippen molar-refractivity contribution in [3.63, 3.8) is 0 Å². The summed E-state index contributed by atoms with van der Waals surface area (Å²) < 4.78 is 16.7. The lowest BCUT2D eigenvalue weighted by atomic mass is 9.85. The van der Waals surface area contributed by atoms with Crippen molar-refractivity contribution < 1.29 is 38.5 Å². The number of ether oxygens (including phenoxy) is 3. The van der Waals surface area contributed by atoms with Gasteiger partial charge in [-0.15, -0.1) is 0 Å². The van der Waals surface area contributed by atoms with E-state index in [1.165, 1.54) is 14.2 Å². The predicted octanol–water partition coefficient (Wildman–Crippen LogP) is 2.60. The Kier molecular flexibility index (Phi) is 12.9. The third kappa shape index (κ3) is 9.11. The third-order valence-corrected chi connectivity index (χ3v) is 7.47. The maximum Gasteiger partial charge on any atom is 0.405 e. The molecule has 1 aliphatic carbocycles. The first-order valence-electron chi connectivity index (χ1n) is 14.0. The van der Waals surface area contributed by atoms with E-state index in [1.54, 1.807) is 26.0 Å². The van der Waals surface area contributed by atoms with Crippen molar-refractivity contribution in [2.75, 3.05) is 20.8 Å². The molecule has 0 aromatic heterocycles. The van der Waals surface area contributed by atoms with Crippen LogP contribution in [0.3, 0.4) is 0 Å². The number of aliphatic hydroxyl groups excluding tert-OH is 1. The van der Waals surface area contributed by atoms with Crippen molar-refractivity contribution in [3.05, 3.63) is 46.3 Å². The highest BCUT2D eigenvalue weighted by molar-refractivity contribution is 6.23. The van der Waals surface area contributed by atoms with Gasteiger partial charge in [0.2, 0.25) is 11.6 Å². The van der Waals surface area contributed by atoms with Crippen LogP contribution >= 0.6 is 0 Å². The molecule has 2 bridgehead atoms. The van der Waals surface area contributed by atoms with Crippen LogP contribution in [-0.4, -0.2) is 73.9 Å². The number of likely N-dealkylation sites (N-methyl/N-ethyl adjacent to an activating group) is 1. The van der Waals surface area contributed by atoms with Crippen molar-refractivity contribution >= 4 is 23.6 Å². The summed E-state index contributed by atoms with van der Waals surface area (Å²) in [6.45, 7) is 9.38. The zero-order chi connectivity index (χ0) is 30.9. The highest BCUT2D eigenvalue weighted by atomic mass is 16.6. The SMILES string of the molecule is CCNC1=C2C[C@@H](C)C[C@H](OC)[C@H](O)[C@@H](C)/C=C(\C)[C@H](OC(N)=O)[C@@H](OC)CC/C=C(\C)C(=O)NC(=CC1=O)C2=O. The topological polar surface area (TPSA) is 166 Å². The average molecular weight is 576 g/mol. The zero-order valence-corrected chi connectivity index (χ0v) is 25.1. The van der Waals surface area contributed by atoms with E-state index in [0.717, 1.165) is 6.08 Å². The smallest absolute Gasteiger partial charge is 0.405 e. The molecule has 2 aliphatic rings. The Morgan fingerprint density at radius 3 is 2.39 bits per heavy atom. The molecule has 1 aliphatic heterocycles. The number of methoxy groups -OCH3 is 2. The van der Waals surface area contributed by atoms with Gasteiger partial charge < -0.3 is 35.7 Å². The van der Waals surface area contributed by atoms with E-state index in [4.69, 9.17) is 19.9 Å². The van der Waals surface area contributed by atoms with Crippen molar-refractivity contribution in [3.8, 4) is 0 Å². The fourth-order valence-corrected chi connectivity index (χ4v) is 5.26. The number of fused-ring (bicyclic) bond motifs is 2. The average Bonchev–Trinajstić information content (AvgIpc) is 2.92. The molecule has 5 N–H and O–H groups in total. The monoisotopic (exact) mass is 575 g/mol. The van der Waals surface area contributed by atoms with Gasteiger partial charge in [-0.05, 0) is 57.9 Å². The summed E-state index contributed by atoms with van der Waals surface area (Å²) in [5.41, 5.74) is 6.76. The van der Waals surface area contributed by atoms with Crippen LogP contribution in [0.25, 0.3) is 0 Å². The standard InChI is InChI=1S/C30H45N3O8/c1-8-32-25-20-12-16(2)13-24(40-7)26(35)18(4)14-19(5)28(41-30(31)38)23(39-6)11-9-10-17(3)29(37)33-21(27(20)36)15-22(25)34/h10,14-16,18,23-24,26,28,32,35H,8-9,11-13H2,1-7H3,(H2,31,38)(H,33,37)/b17-10+,19-14+/t16-,18+,23+,24+,26-,28+/m1/s1. The molecule has 11 nitrogen and oxygen atoms in total. The number of hydrogen-bond donors (Lipinski definition) is 4. The second-order valence-corrected chi connectivity index (χ2v) is 10.8. The molecule has 2 rings (SSSR count). The molecule has 1 heterocycles. The molecule has 0 unspecified atom stereocenters. The number of aliphatic hydroxyl groups is 1. The van der Waals surface area contributed by atoms with Gasteiger partial charge in [0.15, 0.2) is 6.10 Å². The van der Waals surface area contributed by atoms with Gasteiger partial charge in [0, 0.05) is 43.9 Å². The van der Waals surface area contributed by atoms with Gasteiger partial charge >= 0.3 is 6.09 Å². The van der Waals surface area contributed by atoms with Crippen LogP contribution < -0.4 is 16.4 Å². The Bertz CT molecular complexity index is 1120. The van der Waals surface area contributed by atoms with Gasteiger partial charge in [-0.3, -0.25) is 14.4 Å². The van der Waals surface area contributed by atoms with E-state index in [1.807, 2.05) is 20.8 Å². The van der Waals surface area contributed by atoms with E-state index >= 15 is 0 Å². The molecule has 41 heavy (non-hydrogen) atoms. The molecule has 0 fully saturated rings. The van der Waals surface area contributed by atoms with Crippen LogP contribution in [0.4, 0.5) is 4.79 Å². The van der Waals surface area contributed by atoms with Crippen LogP contribution in [0.2, 0.25) is 0 Å². The summed E-state index contributed by atoms with van der Waals surface area (Å²) in [5, 5.41) is 16.8. The Labute approximate surface area is 242 Å². The number of amides is 2. The second-order valence-electron chi connectivity index (χ2n) is 10.8. The number of carbonyl (C=O) groups excluding carboxylic acids is 4. The highest BCUT2D eigenvalue weighted by Crippen LogP contribution is 2.29. The van der Waals surface area contributed by atoms with E-state index in [2.05, 4.69) is 10.6 Å². The summed E-state index contributed by atoms with van der Waals surface area (Å²) >= 11 is 0. The molecular formula is C30H45N3O8. The first kappa shape index (κ1) is 33.9. The maximum absolute atomic E-state index is 13.5.